The van der Waals surface area contributed by atoms with E-state index in [1.165, 1.54) is 0 Å². The fourth-order valence-electron chi connectivity index (χ4n) is 4.13. The van der Waals surface area contributed by atoms with Gasteiger partial charge in [0.1, 0.15) is 5.82 Å². The number of hydrogen-bond acceptors (Lipinski definition) is 3. The zero-order valence-corrected chi connectivity index (χ0v) is 15.8. The van der Waals surface area contributed by atoms with Crippen LogP contribution in [0, 0.1) is 6.92 Å². The highest BCUT2D eigenvalue weighted by Crippen LogP contribution is 2.29. The molecule has 0 aliphatic carbocycles. The number of H-pyrrole nitrogens is 1. The Morgan fingerprint density at radius 2 is 1.81 bits per heavy atom. The van der Waals surface area contributed by atoms with Crippen LogP contribution < -0.4 is 11.0 Å². The molecule has 1 aliphatic heterocycles. The molecule has 2 aromatic heterocycles. The average molecular weight is 353 g/mol. The fourth-order valence-corrected chi connectivity index (χ4v) is 4.13. The van der Waals surface area contributed by atoms with Gasteiger partial charge in [0.25, 0.3) is 0 Å². The largest absolute Gasteiger partial charge is 0.345 e. The van der Waals surface area contributed by atoms with Gasteiger partial charge in [-0.3, -0.25) is 9.13 Å². The Kier molecular flexibility index (Phi) is 4.44. The van der Waals surface area contributed by atoms with E-state index in [1.807, 2.05) is 23.0 Å². The molecule has 6 heteroatoms. The van der Waals surface area contributed by atoms with Crippen LogP contribution in [0.5, 0.6) is 0 Å². The first-order valence-electron chi connectivity index (χ1n) is 9.64. The lowest BCUT2D eigenvalue weighted by Gasteiger charge is -2.20. The minimum Gasteiger partial charge on any atom is -0.345 e. The summed E-state index contributed by atoms with van der Waals surface area (Å²) in [4.78, 5) is 21.0. The molecule has 0 spiro atoms. The predicted octanol–water partition coefficient (Wildman–Crippen LogP) is 3.01. The lowest BCUT2D eigenvalue weighted by Crippen LogP contribution is -2.27. The summed E-state index contributed by atoms with van der Waals surface area (Å²) >= 11 is 0. The molecule has 1 aromatic carbocycles. The summed E-state index contributed by atoms with van der Waals surface area (Å²) in [5.41, 5.74) is 5.22. The number of nitrogens with zero attached hydrogens (tertiary/aromatic N) is 3. The molecule has 26 heavy (non-hydrogen) atoms. The molecule has 0 unspecified atom stereocenters. The molecule has 3 heterocycles. The smallest absolute Gasteiger partial charge is 0.329 e. The van der Waals surface area contributed by atoms with Gasteiger partial charge < -0.3 is 10.3 Å². The molecule has 1 aliphatic rings. The lowest BCUT2D eigenvalue weighted by atomic mass is 9.98. The molecule has 1 saturated heterocycles. The van der Waals surface area contributed by atoms with E-state index < -0.39 is 0 Å². The summed E-state index contributed by atoms with van der Waals surface area (Å²) in [6, 6.07) is 6.26. The third-order valence-corrected chi connectivity index (χ3v) is 5.55. The van der Waals surface area contributed by atoms with Crippen LogP contribution in [0.1, 0.15) is 44.1 Å². The van der Waals surface area contributed by atoms with Crippen LogP contribution >= 0.6 is 0 Å². The molecule has 0 bridgehead atoms. The van der Waals surface area contributed by atoms with Crippen molar-refractivity contribution < 1.29 is 0 Å². The monoisotopic (exact) mass is 353 g/mol. The molecular formula is C20H27N5O. The third-order valence-electron chi connectivity index (χ3n) is 5.55. The van der Waals surface area contributed by atoms with Crippen molar-refractivity contribution in [3.8, 4) is 11.3 Å². The van der Waals surface area contributed by atoms with Crippen LogP contribution in [0.15, 0.2) is 23.0 Å². The van der Waals surface area contributed by atoms with Gasteiger partial charge in [0.05, 0.1) is 16.7 Å². The summed E-state index contributed by atoms with van der Waals surface area (Å²) < 4.78 is 3.68. The SMILES string of the molecule is CCn1c(=O)n(CC)c2cc(-c3nc(C4CCNCC4)[nH]c3C)ccc21. The third kappa shape index (κ3) is 2.69. The van der Waals surface area contributed by atoms with Crippen LogP contribution in [0.2, 0.25) is 0 Å². The standard InChI is InChI=1S/C20H27N5O/c1-4-24-16-7-6-15(12-17(16)25(5-2)20(24)26)18-13(3)22-19(23-18)14-8-10-21-11-9-14/h6-7,12,14,21H,4-5,8-11H2,1-3H3,(H,22,23). The van der Waals surface area contributed by atoms with E-state index in [2.05, 4.69) is 35.4 Å². The van der Waals surface area contributed by atoms with Gasteiger partial charge in [-0.25, -0.2) is 9.78 Å². The molecule has 2 N–H and O–H groups in total. The number of benzene rings is 1. The van der Waals surface area contributed by atoms with E-state index in [9.17, 15) is 4.79 Å². The summed E-state index contributed by atoms with van der Waals surface area (Å²) in [6.07, 6.45) is 2.25. The minimum absolute atomic E-state index is 0.0660. The second-order valence-corrected chi connectivity index (χ2v) is 7.09. The lowest BCUT2D eigenvalue weighted by molar-refractivity contribution is 0.447. The summed E-state index contributed by atoms with van der Waals surface area (Å²) in [6.45, 7) is 9.58. The molecule has 0 radical (unpaired) electrons. The summed E-state index contributed by atoms with van der Waals surface area (Å²) in [5, 5.41) is 3.41. The number of hydrogen-bond donors (Lipinski definition) is 2. The molecule has 1 fully saturated rings. The van der Waals surface area contributed by atoms with Gasteiger partial charge in [0.2, 0.25) is 0 Å². The van der Waals surface area contributed by atoms with Crippen LogP contribution in [-0.4, -0.2) is 32.2 Å². The van der Waals surface area contributed by atoms with E-state index >= 15 is 0 Å². The van der Waals surface area contributed by atoms with Gasteiger partial charge in [-0.2, -0.15) is 0 Å². The van der Waals surface area contributed by atoms with Crippen molar-refractivity contribution in [2.24, 2.45) is 0 Å². The van der Waals surface area contributed by atoms with Crippen molar-refractivity contribution in [3.63, 3.8) is 0 Å². The minimum atomic E-state index is 0.0660. The number of aromatic amines is 1. The maximum atomic E-state index is 12.6. The highest BCUT2D eigenvalue weighted by Gasteiger charge is 2.21. The fraction of sp³-hybridized carbons (Fsp3) is 0.500. The number of piperidine rings is 1. The van der Waals surface area contributed by atoms with Crippen molar-refractivity contribution in [2.45, 2.75) is 52.6 Å². The first kappa shape index (κ1) is 17.1. The molecule has 0 atom stereocenters. The van der Waals surface area contributed by atoms with Crippen molar-refractivity contribution in [3.05, 3.63) is 40.2 Å². The van der Waals surface area contributed by atoms with Crippen molar-refractivity contribution in [1.82, 2.24) is 24.4 Å². The van der Waals surface area contributed by atoms with E-state index in [-0.39, 0.29) is 5.69 Å². The topological polar surface area (TPSA) is 67.6 Å². The normalized spacial score (nSPS) is 15.8. The van der Waals surface area contributed by atoms with Gasteiger partial charge >= 0.3 is 5.69 Å². The highest BCUT2D eigenvalue weighted by atomic mass is 16.1. The van der Waals surface area contributed by atoms with Gasteiger partial charge in [0.15, 0.2) is 0 Å². The van der Waals surface area contributed by atoms with Gasteiger partial charge in [-0.1, -0.05) is 6.07 Å². The van der Waals surface area contributed by atoms with Crippen LogP contribution in [0.3, 0.4) is 0 Å². The van der Waals surface area contributed by atoms with E-state index in [1.54, 1.807) is 0 Å². The van der Waals surface area contributed by atoms with Crippen molar-refractivity contribution in [1.29, 1.82) is 0 Å². The first-order chi connectivity index (χ1) is 12.6. The van der Waals surface area contributed by atoms with Gasteiger partial charge in [0, 0.05) is 30.3 Å². The number of aryl methyl sites for hydroxylation is 3. The molecule has 0 amide bonds. The zero-order valence-electron chi connectivity index (χ0n) is 15.8. The molecule has 3 aromatic rings. The second kappa shape index (κ2) is 6.76. The summed E-state index contributed by atoms with van der Waals surface area (Å²) in [7, 11) is 0. The summed E-state index contributed by atoms with van der Waals surface area (Å²) in [5.74, 6) is 1.60. The maximum Gasteiger partial charge on any atom is 0.329 e. The average Bonchev–Trinajstić information content (AvgIpc) is 3.18. The second-order valence-electron chi connectivity index (χ2n) is 7.09. The first-order valence-corrected chi connectivity index (χ1v) is 9.64. The highest BCUT2D eigenvalue weighted by molar-refractivity contribution is 5.82. The molecule has 4 rings (SSSR count). The van der Waals surface area contributed by atoms with E-state index in [0.717, 1.165) is 59.7 Å². The number of nitrogens with one attached hydrogen (secondary N) is 2. The molecule has 138 valence electrons. The number of rotatable bonds is 4. The van der Waals surface area contributed by atoms with Crippen molar-refractivity contribution >= 4 is 11.0 Å². The van der Waals surface area contributed by atoms with E-state index in [0.29, 0.717) is 19.0 Å². The number of fused-ring (bicyclic) bond motifs is 1. The molecule has 6 nitrogen and oxygen atoms in total. The zero-order chi connectivity index (χ0) is 18.3. The van der Waals surface area contributed by atoms with E-state index in [4.69, 9.17) is 4.98 Å². The van der Waals surface area contributed by atoms with Gasteiger partial charge in [-0.05, 0) is 58.8 Å². The Hall–Kier alpha value is -2.34. The molecular weight excluding hydrogens is 326 g/mol. The maximum absolute atomic E-state index is 12.6. The number of imidazole rings is 2. The predicted molar refractivity (Wildman–Crippen MR) is 105 cm³/mol. The van der Waals surface area contributed by atoms with Crippen LogP contribution in [0.25, 0.3) is 22.3 Å². The van der Waals surface area contributed by atoms with Crippen molar-refractivity contribution in [2.75, 3.05) is 13.1 Å². The Balaban J connectivity index is 1.80. The van der Waals surface area contributed by atoms with Crippen LogP contribution in [0.4, 0.5) is 0 Å². The Morgan fingerprint density at radius 1 is 1.12 bits per heavy atom. The molecule has 0 saturated carbocycles. The van der Waals surface area contributed by atoms with Crippen LogP contribution in [-0.2, 0) is 13.1 Å². The Labute approximate surface area is 153 Å². The number of aromatic nitrogens is 4. The Morgan fingerprint density at radius 3 is 2.50 bits per heavy atom. The quantitative estimate of drug-likeness (QED) is 0.758. The van der Waals surface area contributed by atoms with Gasteiger partial charge in [-0.15, -0.1) is 0 Å². The Bertz CT molecular complexity index is 988.